The molecule has 2 aromatic rings. The Hall–Kier alpha value is -2.25. The number of halogens is 3. The molecule has 0 radical (unpaired) electrons. The van der Waals surface area contributed by atoms with Gasteiger partial charge in [-0.3, -0.25) is 0 Å². The zero-order valence-electron chi connectivity index (χ0n) is 9.74. The minimum Gasteiger partial charge on any atom is -0.469 e. The van der Waals surface area contributed by atoms with Crippen molar-refractivity contribution in [2.24, 2.45) is 0 Å². The third kappa shape index (κ3) is 3.60. The number of nitrogens with one attached hydrogen (secondary N) is 1. The Labute approximate surface area is 106 Å². The fourth-order valence-electron chi connectivity index (χ4n) is 1.47. The topological polar surface area (TPSA) is 77.0 Å². The molecule has 0 bridgehead atoms. The minimum absolute atomic E-state index is 0.0337. The van der Waals surface area contributed by atoms with Gasteiger partial charge in [0.2, 0.25) is 5.95 Å². The van der Waals surface area contributed by atoms with Gasteiger partial charge in [-0.2, -0.15) is 18.2 Å². The third-order valence-electron chi connectivity index (χ3n) is 2.29. The summed E-state index contributed by atoms with van der Waals surface area (Å²) >= 11 is 0. The van der Waals surface area contributed by atoms with E-state index in [2.05, 4.69) is 15.3 Å². The van der Waals surface area contributed by atoms with E-state index in [-0.39, 0.29) is 5.82 Å². The predicted molar refractivity (Wildman–Crippen MR) is 62.3 cm³/mol. The average molecular weight is 272 g/mol. The quantitative estimate of drug-likeness (QED) is 0.893. The maximum Gasteiger partial charge on any atom is 0.433 e. The molecule has 2 aromatic heterocycles. The summed E-state index contributed by atoms with van der Waals surface area (Å²) in [5, 5.41) is 2.75. The van der Waals surface area contributed by atoms with Gasteiger partial charge in [-0.25, -0.2) is 4.98 Å². The fourth-order valence-corrected chi connectivity index (χ4v) is 1.47. The van der Waals surface area contributed by atoms with Crippen molar-refractivity contribution in [3.63, 3.8) is 0 Å². The van der Waals surface area contributed by atoms with E-state index < -0.39 is 17.8 Å². The van der Waals surface area contributed by atoms with Crippen LogP contribution in [-0.4, -0.2) is 16.5 Å². The number of nitrogens with zero attached hydrogens (tertiary/aromatic N) is 2. The second-order valence-electron chi connectivity index (χ2n) is 3.75. The van der Waals surface area contributed by atoms with Crippen molar-refractivity contribution >= 4 is 11.8 Å². The highest BCUT2D eigenvalue weighted by Crippen LogP contribution is 2.29. The highest BCUT2D eigenvalue weighted by atomic mass is 19.4. The highest BCUT2D eigenvalue weighted by molar-refractivity contribution is 5.41. The van der Waals surface area contributed by atoms with Crippen molar-refractivity contribution in [3.05, 3.63) is 35.9 Å². The number of alkyl halides is 3. The van der Waals surface area contributed by atoms with E-state index in [1.54, 1.807) is 12.1 Å². The van der Waals surface area contributed by atoms with Crippen molar-refractivity contribution < 1.29 is 17.6 Å². The van der Waals surface area contributed by atoms with Gasteiger partial charge in [0.15, 0.2) is 5.69 Å². The number of hydrogen-bond donors (Lipinski definition) is 2. The second kappa shape index (κ2) is 5.17. The molecule has 0 saturated carbocycles. The zero-order valence-corrected chi connectivity index (χ0v) is 9.74. The van der Waals surface area contributed by atoms with Crippen LogP contribution in [0.2, 0.25) is 0 Å². The van der Waals surface area contributed by atoms with Crippen LogP contribution in [0.1, 0.15) is 11.5 Å². The van der Waals surface area contributed by atoms with Crippen molar-refractivity contribution in [1.29, 1.82) is 0 Å². The minimum atomic E-state index is -4.55. The molecule has 0 unspecified atom stereocenters. The summed E-state index contributed by atoms with van der Waals surface area (Å²) in [6, 6.07) is 4.33. The fraction of sp³-hybridized carbons (Fsp3) is 0.273. The van der Waals surface area contributed by atoms with Crippen molar-refractivity contribution in [3.8, 4) is 0 Å². The lowest BCUT2D eigenvalue weighted by Crippen LogP contribution is -2.14. The Balaban J connectivity index is 2.02. The van der Waals surface area contributed by atoms with Gasteiger partial charge < -0.3 is 15.5 Å². The maximum atomic E-state index is 12.5. The van der Waals surface area contributed by atoms with Crippen LogP contribution >= 0.6 is 0 Å². The second-order valence-corrected chi connectivity index (χ2v) is 3.75. The first kappa shape index (κ1) is 13.2. The number of furan rings is 1. The van der Waals surface area contributed by atoms with Crippen LogP contribution in [0.15, 0.2) is 28.9 Å². The zero-order chi connectivity index (χ0) is 13.9. The number of hydrogen-bond acceptors (Lipinski definition) is 5. The molecule has 0 aliphatic rings. The molecule has 0 aliphatic carbocycles. The van der Waals surface area contributed by atoms with Crippen LogP contribution in [0.3, 0.4) is 0 Å². The molecule has 102 valence electrons. The normalized spacial score (nSPS) is 11.5. The number of nitrogen functional groups attached to an aromatic ring is 1. The first-order valence-electron chi connectivity index (χ1n) is 5.43. The average Bonchev–Trinajstić information content (AvgIpc) is 2.80. The SMILES string of the molecule is Nc1nc(NCCc2ccco2)cc(C(F)(F)F)n1. The summed E-state index contributed by atoms with van der Waals surface area (Å²) in [6.07, 6.45) is -2.49. The van der Waals surface area contributed by atoms with E-state index in [0.717, 1.165) is 11.8 Å². The Kier molecular flexibility index (Phi) is 3.59. The van der Waals surface area contributed by atoms with Gasteiger partial charge in [-0.15, -0.1) is 0 Å². The van der Waals surface area contributed by atoms with Crippen LogP contribution in [-0.2, 0) is 12.6 Å². The summed E-state index contributed by atoms with van der Waals surface area (Å²) in [4.78, 5) is 6.84. The monoisotopic (exact) mass is 272 g/mol. The molecule has 0 atom stereocenters. The molecule has 3 N–H and O–H groups in total. The van der Waals surface area contributed by atoms with Crippen LogP contribution in [0, 0.1) is 0 Å². The molecule has 0 aromatic carbocycles. The highest BCUT2D eigenvalue weighted by Gasteiger charge is 2.33. The Morgan fingerprint density at radius 2 is 2.11 bits per heavy atom. The van der Waals surface area contributed by atoms with Gasteiger partial charge in [0.05, 0.1) is 6.26 Å². The maximum absolute atomic E-state index is 12.5. The molecule has 19 heavy (non-hydrogen) atoms. The van der Waals surface area contributed by atoms with Gasteiger partial charge in [0.1, 0.15) is 11.6 Å². The number of rotatable bonds is 4. The molecule has 0 fully saturated rings. The summed E-state index contributed by atoms with van der Waals surface area (Å²) in [6.45, 7) is 0.376. The predicted octanol–water partition coefficient (Wildman–Crippen LogP) is 2.33. The smallest absolute Gasteiger partial charge is 0.433 e. The van der Waals surface area contributed by atoms with Gasteiger partial charge in [0.25, 0.3) is 0 Å². The van der Waals surface area contributed by atoms with Crippen molar-refractivity contribution in [2.75, 3.05) is 17.6 Å². The van der Waals surface area contributed by atoms with Crippen LogP contribution in [0.5, 0.6) is 0 Å². The molecule has 8 heteroatoms. The van der Waals surface area contributed by atoms with Gasteiger partial charge in [0, 0.05) is 19.0 Å². The van der Waals surface area contributed by atoms with Gasteiger partial charge in [-0.05, 0) is 12.1 Å². The molecule has 2 rings (SSSR count). The first-order valence-corrected chi connectivity index (χ1v) is 5.43. The number of anilines is 2. The molecule has 0 amide bonds. The Morgan fingerprint density at radius 3 is 2.74 bits per heavy atom. The summed E-state index contributed by atoms with van der Waals surface area (Å²) < 4.78 is 42.6. The van der Waals surface area contributed by atoms with Crippen LogP contribution in [0.4, 0.5) is 24.9 Å². The lowest BCUT2D eigenvalue weighted by molar-refractivity contribution is -0.141. The lowest BCUT2D eigenvalue weighted by Gasteiger charge is -2.09. The summed E-state index contributed by atoms with van der Waals surface area (Å²) in [7, 11) is 0. The van der Waals surface area contributed by atoms with E-state index in [1.807, 2.05) is 0 Å². The van der Waals surface area contributed by atoms with Crippen LogP contribution in [0.25, 0.3) is 0 Å². The molecule has 5 nitrogen and oxygen atoms in total. The van der Waals surface area contributed by atoms with E-state index >= 15 is 0 Å². The van der Waals surface area contributed by atoms with E-state index in [9.17, 15) is 13.2 Å². The molecular weight excluding hydrogens is 261 g/mol. The van der Waals surface area contributed by atoms with E-state index in [4.69, 9.17) is 10.2 Å². The third-order valence-corrected chi connectivity index (χ3v) is 2.29. The van der Waals surface area contributed by atoms with Crippen molar-refractivity contribution in [2.45, 2.75) is 12.6 Å². The van der Waals surface area contributed by atoms with Gasteiger partial charge in [-0.1, -0.05) is 0 Å². The molecule has 0 aliphatic heterocycles. The molecule has 0 spiro atoms. The molecular formula is C11H11F3N4O. The van der Waals surface area contributed by atoms with Crippen LogP contribution < -0.4 is 11.1 Å². The molecule has 0 saturated heterocycles. The lowest BCUT2D eigenvalue weighted by atomic mass is 10.3. The largest absolute Gasteiger partial charge is 0.469 e. The summed E-state index contributed by atoms with van der Waals surface area (Å²) in [5.41, 5.74) is 4.17. The number of nitrogens with two attached hydrogens (primary N) is 1. The first-order chi connectivity index (χ1) is 8.95. The molecule has 2 heterocycles. The standard InChI is InChI=1S/C11H11F3N4O/c12-11(13,14)8-6-9(18-10(15)17-8)16-4-3-7-2-1-5-19-7/h1-2,5-6H,3-4H2,(H3,15,16,17,18). The Bertz CT molecular complexity index is 539. The Morgan fingerprint density at radius 1 is 1.32 bits per heavy atom. The van der Waals surface area contributed by atoms with Gasteiger partial charge >= 0.3 is 6.18 Å². The van der Waals surface area contributed by atoms with Crippen molar-refractivity contribution in [1.82, 2.24) is 9.97 Å². The van der Waals surface area contributed by atoms with E-state index in [0.29, 0.717) is 13.0 Å². The summed E-state index contributed by atoms with van der Waals surface area (Å²) in [5.74, 6) is 0.340. The van der Waals surface area contributed by atoms with E-state index in [1.165, 1.54) is 6.26 Å². The number of aromatic nitrogens is 2.